The van der Waals surface area contributed by atoms with Gasteiger partial charge in [-0.15, -0.1) is 0 Å². The molecule has 76 valence electrons. The van der Waals surface area contributed by atoms with Crippen molar-refractivity contribution < 1.29 is 4.74 Å². The molecule has 3 rings (SSSR count). The fraction of sp³-hybridized carbons (Fsp3) is 0.0909. The molecular formula is C11H11N3O. The van der Waals surface area contributed by atoms with E-state index in [1.807, 2.05) is 35.4 Å². The first-order valence-corrected chi connectivity index (χ1v) is 4.79. The number of nitrogen functional groups attached to an aromatic ring is 1. The molecule has 1 aromatic carbocycles. The van der Waals surface area contributed by atoms with Crippen LogP contribution >= 0.6 is 0 Å². The number of ether oxygens (including phenoxy) is 1. The van der Waals surface area contributed by atoms with Crippen LogP contribution in [-0.4, -0.2) is 6.61 Å². The normalized spacial score (nSPS) is 17.1. The predicted molar refractivity (Wildman–Crippen MR) is 60.1 cm³/mol. The summed E-state index contributed by atoms with van der Waals surface area (Å²) in [5.74, 6) is 0.900. The zero-order valence-electron chi connectivity index (χ0n) is 8.10. The molecule has 0 spiro atoms. The number of nitrogens with one attached hydrogen (secondary N) is 1. The summed E-state index contributed by atoms with van der Waals surface area (Å²) in [6.07, 6.45) is 5.63. The minimum absolute atomic E-state index is 0.587. The predicted octanol–water partition coefficient (Wildman–Crippen LogP) is 1.84. The van der Waals surface area contributed by atoms with Crippen LogP contribution < -0.4 is 16.0 Å². The number of nitrogens with zero attached hydrogens (tertiary/aromatic N) is 1. The minimum atomic E-state index is 0.587. The van der Waals surface area contributed by atoms with Crippen LogP contribution in [0, 0.1) is 0 Å². The number of fused-ring (bicyclic) bond motifs is 3. The van der Waals surface area contributed by atoms with Crippen molar-refractivity contribution in [3.05, 3.63) is 42.6 Å². The second-order valence-electron chi connectivity index (χ2n) is 3.46. The highest BCUT2D eigenvalue weighted by atomic mass is 16.5. The molecule has 2 heterocycles. The average molecular weight is 201 g/mol. The Hall–Kier alpha value is -2.10. The number of benzene rings is 1. The van der Waals surface area contributed by atoms with Gasteiger partial charge in [-0.25, -0.2) is 0 Å². The molecule has 15 heavy (non-hydrogen) atoms. The highest BCUT2D eigenvalue weighted by Crippen LogP contribution is 2.41. The van der Waals surface area contributed by atoms with Crippen LogP contribution in [0.2, 0.25) is 0 Å². The number of hydrogen-bond donors (Lipinski definition) is 2. The van der Waals surface area contributed by atoms with Crippen LogP contribution in [0.5, 0.6) is 0 Å². The molecule has 0 bridgehead atoms. The maximum Gasteiger partial charge on any atom is 0.150 e. The summed E-state index contributed by atoms with van der Waals surface area (Å²) in [6.45, 7) is 0.587. The first-order chi connectivity index (χ1) is 7.36. The molecule has 0 unspecified atom stereocenters. The first kappa shape index (κ1) is 8.23. The smallest absolute Gasteiger partial charge is 0.150 e. The lowest BCUT2D eigenvalue weighted by Crippen LogP contribution is -2.13. The number of nitrogens with two attached hydrogens (primary N) is 1. The second kappa shape index (κ2) is 2.95. The van der Waals surface area contributed by atoms with E-state index in [1.54, 1.807) is 6.26 Å². The van der Waals surface area contributed by atoms with Crippen molar-refractivity contribution in [1.29, 1.82) is 0 Å². The Labute approximate surface area is 87.6 Å². The van der Waals surface area contributed by atoms with Gasteiger partial charge in [0.2, 0.25) is 0 Å². The van der Waals surface area contributed by atoms with Crippen molar-refractivity contribution in [3.63, 3.8) is 0 Å². The van der Waals surface area contributed by atoms with Gasteiger partial charge in [0.05, 0.1) is 17.1 Å². The zero-order chi connectivity index (χ0) is 10.3. The summed E-state index contributed by atoms with van der Waals surface area (Å²) in [6, 6.07) is 5.82. The number of para-hydroxylation sites is 1. The van der Waals surface area contributed by atoms with Crippen LogP contribution in [-0.2, 0) is 4.74 Å². The first-order valence-electron chi connectivity index (χ1n) is 4.79. The van der Waals surface area contributed by atoms with E-state index in [0.717, 1.165) is 22.9 Å². The van der Waals surface area contributed by atoms with E-state index >= 15 is 0 Å². The van der Waals surface area contributed by atoms with Gasteiger partial charge in [0.15, 0.2) is 5.82 Å². The SMILES string of the molecule is Nc1cccc2c1N1C=CCOC=C1N2. The van der Waals surface area contributed by atoms with E-state index in [0.29, 0.717) is 6.61 Å². The van der Waals surface area contributed by atoms with Crippen molar-refractivity contribution >= 4 is 17.1 Å². The van der Waals surface area contributed by atoms with E-state index in [2.05, 4.69) is 5.32 Å². The van der Waals surface area contributed by atoms with E-state index in [1.165, 1.54) is 0 Å². The average Bonchev–Trinajstić information content (AvgIpc) is 2.43. The third-order valence-corrected chi connectivity index (χ3v) is 2.47. The summed E-state index contributed by atoms with van der Waals surface area (Å²) in [5, 5.41) is 3.25. The summed E-state index contributed by atoms with van der Waals surface area (Å²) in [5.41, 5.74) is 8.71. The molecule has 0 saturated carbocycles. The molecule has 0 radical (unpaired) electrons. The molecule has 2 aliphatic heterocycles. The maximum absolute atomic E-state index is 5.95. The van der Waals surface area contributed by atoms with E-state index < -0.39 is 0 Å². The molecule has 0 atom stereocenters. The van der Waals surface area contributed by atoms with Crippen LogP contribution in [0.25, 0.3) is 0 Å². The van der Waals surface area contributed by atoms with Gasteiger partial charge in [-0.1, -0.05) is 6.07 Å². The van der Waals surface area contributed by atoms with Gasteiger partial charge in [-0.3, -0.25) is 4.90 Å². The molecule has 0 aliphatic carbocycles. The zero-order valence-corrected chi connectivity index (χ0v) is 8.10. The second-order valence-corrected chi connectivity index (χ2v) is 3.46. The summed E-state index contributed by atoms with van der Waals surface area (Å²) >= 11 is 0. The van der Waals surface area contributed by atoms with Gasteiger partial charge in [-0.2, -0.15) is 0 Å². The van der Waals surface area contributed by atoms with Crippen LogP contribution in [0.3, 0.4) is 0 Å². The lowest BCUT2D eigenvalue weighted by atomic mass is 10.2. The minimum Gasteiger partial charge on any atom is -0.493 e. The van der Waals surface area contributed by atoms with Crippen molar-refractivity contribution in [1.82, 2.24) is 0 Å². The molecule has 0 saturated heterocycles. The van der Waals surface area contributed by atoms with Crippen molar-refractivity contribution in [3.8, 4) is 0 Å². The molecular weight excluding hydrogens is 190 g/mol. The number of anilines is 3. The molecule has 0 fully saturated rings. The Bertz CT molecular complexity index is 465. The maximum atomic E-state index is 5.95. The molecule has 4 heteroatoms. The van der Waals surface area contributed by atoms with Gasteiger partial charge in [0, 0.05) is 6.20 Å². The van der Waals surface area contributed by atoms with Gasteiger partial charge >= 0.3 is 0 Å². The molecule has 4 nitrogen and oxygen atoms in total. The Morgan fingerprint density at radius 3 is 3.27 bits per heavy atom. The van der Waals surface area contributed by atoms with E-state index in [9.17, 15) is 0 Å². The molecule has 0 aromatic heterocycles. The Morgan fingerprint density at radius 1 is 1.40 bits per heavy atom. The highest BCUT2D eigenvalue weighted by molar-refractivity contribution is 5.90. The van der Waals surface area contributed by atoms with Crippen molar-refractivity contribution in [2.24, 2.45) is 0 Å². The topological polar surface area (TPSA) is 50.5 Å². The molecule has 1 aromatic rings. The highest BCUT2D eigenvalue weighted by Gasteiger charge is 2.25. The van der Waals surface area contributed by atoms with Gasteiger partial charge < -0.3 is 15.8 Å². The van der Waals surface area contributed by atoms with E-state index in [4.69, 9.17) is 10.5 Å². The van der Waals surface area contributed by atoms with E-state index in [-0.39, 0.29) is 0 Å². The Morgan fingerprint density at radius 2 is 2.33 bits per heavy atom. The van der Waals surface area contributed by atoms with Crippen LogP contribution in [0.1, 0.15) is 0 Å². The molecule has 3 N–H and O–H groups in total. The van der Waals surface area contributed by atoms with Gasteiger partial charge in [-0.05, 0) is 18.2 Å². The third-order valence-electron chi connectivity index (χ3n) is 2.47. The van der Waals surface area contributed by atoms with Crippen LogP contribution in [0.15, 0.2) is 42.6 Å². The summed E-state index contributed by atoms with van der Waals surface area (Å²) in [4.78, 5) is 2.00. The Kier molecular flexibility index (Phi) is 1.62. The summed E-state index contributed by atoms with van der Waals surface area (Å²) < 4.78 is 5.29. The lowest BCUT2D eigenvalue weighted by Gasteiger charge is -2.14. The Balaban J connectivity index is 2.17. The summed E-state index contributed by atoms with van der Waals surface area (Å²) in [7, 11) is 0. The molecule has 2 aliphatic rings. The quantitative estimate of drug-likeness (QED) is 0.629. The standard InChI is InChI=1S/C11H11N3O/c12-8-3-1-4-9-11(8)14-5-2-6-15-7-10(14)13-9/h1-5,7,13H,6,12H2. The number of hydrogen-bond acceptors (Lipinski definition) is 4. The third kappa shape index (κ3) is 1.15. The fourth-order valence-electron chi connectivity index (χ4n) is 1.82. The monoisotopic (exact) mass is 201 g/mol. The lowest BCUT2D eigenvalue weighted by molar-refractivity contribution is 0.288. The van der Waals surface area contributed by atoms with Crippen LogP contribution in [0.4, 0.5) is 17.1 Å². The van der Waals surface area contributed by atoms with Gasteiger partial charge in [0.25, 0.3) is 0 Å². The number of rotatable bonds is 0. The largest absolute Gasteiger partial charge is 0.493 e. The van der Waals surface area contributed by atoms with Crippen molar-refractivity contribution in [2.45, 2.75) is 0 Å². The van der Waals surface area contributed by atoms with Gasteiger partial charge in [0.1, 0.15) is 12.9 Å². The van der Waals surface area contributed by atoms with Crippen molar-refractivity contribution in [2.75, 3.05) is 22.6 Å². The fourth-order valence-corrected chi connectivity index (χ4v) is 1.82. The molecule has 0 amide bonds.